The number of rotatable bonds is 3. The number of nitrogens with two attached hydrogens (primary N) is 1. The van der Waals surface area contributed by atoms with E-state index in [1.54, 1.807) is 13.8 Å². The molecule has 3 atom stereocenters. The molecule has 0 bridgehead atoms. The molecule has 0 radical (unpaired) electrons. The molecular weight excluding hydrogens is 281 g/mol. The van der Waals surface area contributed by atoms with Crippen molar-refractivity contribution in [2.75, 3.05) is 6.54 Å². The van der Waals surface area contributed by atoms with Gasteiger partial charge in [0.2, 0.25) is 5.91 Å². The summed E-state index contributed by atoms with van der Waals surface area (Å²) in [5.74, 6) is -0.705. The Labute approximate surface area is 125 Å². The van der Waals surface area contributed by atoms with Gasteiger partial charge in [0.05, 0.1) is 0 Å². The van der Waals surface area contributed by atoms with Gasteiger partial charge >= 0.3 is 6.18 Å². The Morgan fingerprint density at radius 1 is 1.33 bits per heavy atom. The maximum absolute atomic E-state index is 12.7. The van der Waals surface area contributed by atoms with Crippen molar-refractivity contribution in [1.82, 2.24) is 4.90 Å². The zero-order valence-corrected chi connectivity index (χ0v) is 13.5. The molecule has 1 aliphatic carbocycles. The number of amides is 1. The van der Waals surface area contributed by atoms with Crippen LogP contribution in [-0.2, 0) is 4.79 Å². The van der Waals surface area contributed by atoms with Gasteiger partial charge in [0, 0.05) is 18.0 Å². The van der Waals surface area contributed by atoms with E-state index in [4.69, 9.17) is 5.73 Å². The highest BCUT2D eigenvalue weighted by atomic mass is 19.4. The number of halogens is 3. The first kappa shape index (κ1) is 18.3. The van der Waals surface area contributed by atoms with E-state index in [0.717, 1.165) is 4.90 Å². The van der Waals surface area contributed by atoms with Crippen LogP contribution in [-0.4, -0.2) is 35.6 Å². The minimum absolute atomic E-state index is 0.000772. The summed E-state index contributed by atoms with van der Waals surface area (Å²) < 4.78 is 38.1. The molecule has 0 heterocycles. The van der Waals surface area contributed by atoms with Gasteiger partial charge in [-0.05, 0) is 38.0 Å². The van der Waals surface area contributed by atoms with Crippen LogP contribution in [0.5, 0.6) is 0 Å². The van der Waals surface area contributed by atoms with Crippen molar-refractivity contribution in [3.63, 3.8) is 0 Å². The highest BCUT2D eigenvalue weighted by molar-refractivity contribution is 5.80. The summed E-state index contributed by atoms with van der Waals surface area (Å²) in [4.78, 5) is 13.6. The maximum atomic E-state index is 12.7. The summed E-state index contributed by atoms with van der Waals surface area (Å²) in [6.07, 6.45) is -3.14. The normalized spacial score (nSPS) is 29.5. The Bertz CT molecular complexity index is 380. The molecule has 1 amide bonds. The molecule has 3 nitrogen and oxygen atoms in total. The van der Waals surface area contributed by atoms with Crippen molar-refractivity contribution in [1.29, 1.82) is 0 Å². The van der Waals surface area contributed by atoms with Crippen LogP contribution in [0.15, 0.2) is 0 Å². The van der Waals surface area contributed by atoms with E-state index >= 15 is 0 Å². The van der Waals surface area contributed by atoms with E-state index in [-0.39, 0.29) is 12.0 Å². The summed E-state index contributed by atoms with van der Waals surface area (Å²) in [5, 5.41) is 0. The molecule has 21 heavy (non-hydrogen) atoms. The lowest BCUT2D eigenvalue weighted by atomic mass is 9.60. The lowest BCUT2D eigenvalue weighted by Crippen LogP contribution is -2.54. The van der Waals surface area contributed by atoms with Gasteiger partial charge in [-0.25, -0.2) is 0 Å². The van der Waals surface area contributed by atoms with Crippen LogP contribution in [0.3, 0.4) is 0 Å². The average molecular weight is 308 g/mol. The van der Waals surface area contributed by atoms with Crippen molar-refractivity contribution in [2.45, 2.75) is 65.7 Å². The summed E-state index contributed by atoms with van der Waals surface area (Å²) in [6.45, 7) is 7.91. The first-order chi connectivity index (χ1) is 9.38. The number of alkyl halides is 3. The van der Waals surface area contributed by atoms with Gasteiger partial charge in [-0.2, -0.15) is 13.2 Å². The number of nitrogens with zero attached hydrogens (tertiary/aromatic N) is 1. The first-order valence-corrected chi connectivity index (χ1v) is 7.50. The summed E-state index contributed by atoms with van der Waals surface area (Å²) in [7, 11) is 0. The molecule has 0 saturated heterocycles. The highest BCUT2D eigenvalue weighted by Crippen LogP contribution is 2.45. The van der Waals surface area contributed by atoms with Crippen LogP contribution in [0.1, 0.15) is 47.5 Å². The predicted molar refractivity (Wildman–Crippen MR) is 76.5 cm³/mol. The topological polar surface area (TPSA) is 46.3 Å². The van der Waals surface area contributed by atoms with E-state index in [1.807, 2.05) is 20.8 Å². The number of carbonyl (C=O) groups excluding carboxylic acids is 1. The molecule has 0 aliphatic heterocycles. The van der Waals surface area contributed by atoms with Crippen molar-refractivity contribution in [3.05, 3.63) is 0 Å². The third-order valence-electron chi connectivity index (χ3n) is 5.06. The lowest BCUT2D eigenvalue weighted by Gasteiger charge is -2.47. The molecule has 1 saturated carbocycles. The fourth-order valence-corrected chi connectivity index (χ4v) is 3.20. The highest BCUT2D eigenvalue weighted by Gasteiger charge is 2.47. The van der Waals surface area contributed by atoms with Gasteiger partial charge in [-0.3, -0.25) is 4.79 Å². The quantitative estimate of drug-likeness (QED) is 0.870. The molecule has 1 aliphatic rings. The molecule has 124 valence electrons. The van der Waals surface area contributed by atoms with E-state index < -0.39 is 36.0 Å². The summed E-state index contributed by atoms with van der Waals surface area (Å²) in [5.41, 5.74) is 5.65. The van der Waals surface area contributed by atoms with Gasteiger partial charge < -0.3 is 10.6 Å². The van der Waals surface area contributed by atoms with Crippen LogP contribution in [0.4, 0.5) is 13.2 Å². The van der Waals surface area contributed by atoms with Gasteiger partial charge in [-0.1, -0.05) is 20.8 Å². The molecular formula is C15H27F3N2O. The van der Waals surface area contributed by atoms with E-state index in [2.05, 4.69) is 0 Å². The van der Waals surface area contributed by atoms with Crippen LogP contribution in [0.25, 0.3) is 0 Å². The second-order valence-corrected chi connectivity index (χ2v) is 7.08. The van der Waals surface area contributed by atoms with Gasteiger partial charge in [0.1, 0.15) is 6.54 Å². The maximum Gasteiger partial charge on any atom is 0.406 e. The van der Waals surface area contributed by atoms with Crippen LogP contribution >= 0.6 is 0 Å². The van der Waals surface area contributed by atoms with Crippen molar-refractivity contribution in [3.8, 4) is 0 Å². The molecule has 2 N–H and O–H groups in total. The van der Waals surface area contributed by atoms with Crippen LogP contribution in [0.2, 0.25) is 0 Å². The summed E-state index contributed by atoms with van der Waals surface area (Å²) in [6, 6.07) is -0.472. The van der Waals surface area contributed by atoms with Gasteiger partial charge in [0.15, 0.2) is 0 Å². The largest absolute Gasteiger partial charge is 0.406 e. The summed E-state index contributed by atoms with van der Waals surface area (Å²) >= 11 is 0. The van der Waals surface area contributed by atoms with Crippen molar-refractivity contribution in [2.24, 2.45) is 23.0 Å². The third kappa shape index (κ3) is 4.11. The smallest absolute Gasteiger partial charge is 0.331 e. The number of hydrogen-bond acceptors (Lipinski definition) is 2. The van der Waals surface area contributed by atoms with Gasteiger partial charge in [-0.15, -0.1) is 0 Å². The third-order valence-corrected chi connectivity index (χ3v) is 5.06. The van der Waals surface area contributed by atoms with Gasteiger partial charge in [0.25, 0.3) is 0 Å². The molecule has 0 aromatic heterocycles. The zero-order valence-electron chi connectivity index (χ0n) is 13.5. The Morgan fingerprint density at radius 3 is 2.29 bits per heavy atom. The lowest BCUT2D eigenvalue weighted by molar-refractivity contribution is -0.171. The Hall–Kier alpha value is -0.780. The van der Waals surface area contributed by atoms with E-state index in [0.29, 0.717) is 12.8 Å². The minimum Gasteiger partial charge on any atom is -0.331 e. The fourth-order valence-electron chi connectivity index (χ4n) is 3.20. The molecule has 6 heteroatoms. The van der Waals surface area contributed by atoms with E-state index in [9.17, 15) is 18.0 Å². The first-order valence-electron chi connectivity index (χ1n) is 7.50. The SMILES string of the molecule is CC(C)N(CC(F)(F)F)C(=O)C1CCC(N)C(C)C1(C)C. The van der Waals surface area contributed by atoms with Crippen molar-refractivity contribution >= 4 is 5.91 Å². The number of hydrogen-bond donors (Lipinski definition) is 1. The molecule has 0 aromatic rings. The Morgan fingerprint density at radius 2 is 1.86 bits per heavy atom. The number of carbonyl (C=O) groups is 1. The minimum atomic E-state index is -4.37. The standard InChI is InChI=1S/C15H27F3N2O/c1-9(2)20(8-15(16,17)18)13(21)11-6-7-12(19)10(3)14(11,4)5/h9-12H,6-8,19H2,1-5H3. The van der Waals surface area contributed by atoms with E-state index in [1.165, 1.54) is 0 Å². The molecule has 3 unspecified atom stereocenters. The Balaban J connectivity index is 2.98. The van der Waals surface area contributed by atoms with Crippen molar-refractivity contribution < 1.29 is 18.0 Å². The van der Waals surface area contributed by atoms with Crippen LogP contribution in [0, 0.1) is 17.3 Å². The molecule has 0 spiro atoms. The molecule has 0 aromatic carbocycles. The monoisotopic (exact) mass is 308 g/mol. The fraction of sp³-hybridized carbons (Fsp3) is 0.933. The second kappa shape index (κ2) is 6.15. The van der Waals surface area contributed by atoms with Crippen LogP contribution < -0.4 is 5.73 Å². The Kier molecular flexibility index (Phi) is 5.35. The zero-order chi connectivity index (χ0) is 16.6. The molecule has 1 rings (SSSR count). The predicted octanol–water partition coefficient (Wildman–Crippen LogP) is 3.19. The molecule has 1 fully saturated rings. The second-order valence-electron chi connectivity index (χ2n) is 7.08. The average Bonchev–Trinajstić information content (AvgIpc) is 2.31.